The molecule has 1 aliphatic heterocycles. The van der Waals surface area contributed by atoms with E-state index in [1.54, 1.807) is 6.20 Å². The maximum absolute atomic E-state index is 13.3. The number of hydrazine groups is 1. The number of ketones is 1. The van der Waals surface area contributed by atoms with E-state index in [1.165, 1.54) is 5.01 Å². The van der Waals surface area contributed by atoms with E-state index >= 15 is 0 Å². The lowest BCUT2D eigenvalue weighted by Gasteiger charge is -2.30. The maximum Gasteiger partial charge on any atom is 0.242 e. The van der Waals surface area contributed by atoms with E-state index in [1.807, 2.05) is 19.9 Å². The van der Waals surface area contributed by atoms with E-state index in [0.717, 1.165) is 42.5 Å². The van der Waals surface area contributed by atoms with Crippen LogP contribution in [0, 0.1) is 25.7 Å². The van der Waals surface area contributed by atoms with Crippen LogP contribution >= 0.6 is 0 Å². The van der Waals surface area contributed by atoms with Crippen LogP contribution in [-0.2, 0) is 20.8 Å². The second-order valence-corrected chi connectivity index (χ2v) is 8.57. The van der Waals surface area contributed by atoms with E-state index in [2.05, 4.69) is 10.4 Å². The van der Waals surface area contributed by atoms with Gasteiger partial charge < -0.3 is 0 Å². The van der Waals surface area contributed by atoms with Gasteiger partial charge in [-0.3, -0.25) is 29.6 Å². The summed E-state index contributed by atoms with van der Waals surface area (Å²) in [7, 11) is 0. The Morgan fingerprint density at radius 3 is 2.77 bits per heavy atom. The fourth-order valence-electron chi connectivity index (χ4n) is 4.61. The number of pyridine rings is 1. The lowest BCUT2D eigenvalue weighted by Crippen LogP contribution is -2.51. The number of carbonyl (C=O) groups excluding carboxylic acids is 3. The highest BCUT2D eigenvalue weighted by Crippen LogP contribution is 2.31. The monoisotopic (exact) mass is 416 g/mol. The summed E-state index contributed by atoms with van der Waals surface area (Å²) >= 11 is 0. The molecule has 2 N–H and O–H groups in total. The molecule has 2 fully saturated rings. The summed E-state index contributed by atoms with van der Waals surface area (Å²) in [5, 5.41) is 11.7. The van der Waals surface area contributed by atoms with Gasteiger partial charge in [-0.25, -0.2) is 10.5 Å². The van der Waals surface area contributed by atoms with Gasteiger partial charge >= 0.3 is 0 Å². The Labute approximate surface area is 177 Å². The van der Waals surface area contributed by atoms with Crippen molar-refractivity contribution in [1.29, 1.82) is 0 Å². The molecule has 1 aromatic rings. The standard InChI is InChI=1S/C22H32N4O4/c1-15-7-9-23-19(16(15)2)12-21(28)20-8-10-24-26(20)22(29)18(13-25(30)14-27)11-17-5-3-4-6-17/h7,9,14,17-18,20,24,30H,3-6,8,10-13H2,1-2H3/t18-,20+/m1/s1. The number of rotatable bonds is 9. The molecule has 0 aromatic carbocycles. The van der Waals surface area contributed by atoms with E-state index in [9.17, 15) is 19.6 Å². The molecule has 0 radical (unpaired) electrons. The van der Waals surface area contributed by atoms with Crippen LogP contribution in [0.15, 0.2) is 12.3 Å². The molecule has 0 spiro atoms. The van der Waals surface area contributed by atoms with Gasteiger partial charge in [-0.15, -0.1) is 0 Å². The second-order valence-electron chi connectivity index (χ2n) is 8.57. The zero-order valence-corrected chi connectivity index (χ0v) is 17.8. The highest BCUT2D eigenvalue weighted by atomic mass is 16.5. The predicted molar refractivity (Wildman–Crippen MR) is 110 cm³/mol. The molecule has 2 atom stereocenters. The van der Waals surface area contributed by atoms with E-state index in [0.29, 0.717) is 36.8 Å². The van der Waals surface area contributed by atoms with Crippen LogP contribution in [0.1, 0.15) is 55.3 Å². The molecule has 2 heterocycles. The minimum atomic E-state index is -0.561. The predicted octanol–water partition coefficient (Wildman–Crippen LogP) is 1.96. The van der Waals surface area contributed by atoms with Gasteiger partial charge in [-0.1, -0.05) is 25.7 Å². The molecule has 30 heavy (non-hydrogen) atoms. The van der Waals surface area contributed by atoms with Gasteiger partial charge in [0, 0.05) is 12.7 Å². The number of aromatic nitrogens is 1. The number of hydrogen-bond acceptors (Lipinski definition) is 6. The number of nitrogens with zero attached hydrogens (tertiary/aromatic N) is 3. The van der Waals surface area contributed by atoms with Crippen molar-refractivity contribution in [3.05, 3.63) is 29.1 Å². The molecule has 1 aromatic heterocycles. The lowest BCUT2D eigenvalue weighted by atomic mass is 9.91. The minimum Gasteiger partial charge on any atom is -0.297 e. The van der Waals surface area contributed by atoms with Crippen LogP contribution in [0.5, 0.6) is 0 Å². The van der Waals surface area contributed by atoms with Crippen LogP contribution in [0.25, 0.3) is 0 Å². The van der Waals surface area contributed by atoms with Gasteiger partial charge in [0.25, 0.3) is 0 Å². The molecule has 0 bridgehead atoms. The van der Waals surface area contributed by atoms with Crippen molar-refractivity contribution in [3.63, 3.8) is 0 Å². The zero-order valence-electron chi connectivity index (χ0n) is 17.8. The third kappa shape index (κ3) is 5.23. The van der Waals surface area contributed by atoms with Gasteiger partial charge in [0.05, 0.1) is 24.6 Å². The average molecular weight is 417 g/mol. The van der Waals surface area contributed by atoms with Crippen molar-refractivity contribution in [2.75, 3.05) is 13.1 Å². The van der Waals surface area contributed by atoms with Crippen molar-refractivity contribution in [3.8, 4) is 0 Å². The van der Waals surface area contributed by atoms with Crippen molar-refractivity contribution in [2.24, 2.45) is 11.8 Å². The molecular weight excluding hydrogens is 384 g/mol. The fraction of sp³-hybridized carbons (Fsp3) is 0.636. The molecule has 2 aliphatic rings. The van der Waals surface area contributed by atoms with Crippen LogP contribution in [-0.4, -0.2) is 57.5 Å². The van der Waals surface area contributed by atoms with Crippen molar-refractivity contribution in [2.45, 2.75) is 64.8 Å². The Morgan fingerprint density at radius 1 is 1.33 bits per heavy atom. The van der Waals surface area contributed by atoms with Gasteiger partial charge in [0.15, 0.2) is 5.78 Å². The molecule has 3 rings (SSSR count). The zero-order chi connectivity index (χ0) is 21.7. The lowest BCUT2D eigenvalue weighted by molar-refractivity contribution is -0.159. The van der Waals surface area contributed by atoms with Crippen LogP contribution in [0.2, 0.25) is 0 Å². The Balaban J connectivity index is 1.72. The summed E-state index contributed by atoms with van der Waals surface area (Å²) in [6.45, 7) is 4.42. The highest BCUT2D eigenvalue weighted by molar-refractivity contribution is 5.91. The number of amides is 2. The summed E-state index contributed by atoms with van der Waals surface area (Å²) in [6, 6.07) is 1.35. The van der Waals surface area contributed by atoms with Crippen LogP contribution < -0.4 is 5.43 Å². The fourth-order valence-corrected chi connectivity index (χ4v) is 4.61. The maximum atomic E-state index is 13.3. The van der Waals surface area contributed by atoms with Crippen molar-refractivity contribution in [1.82, 2.24) is 20.5 Å². The van der Waals surface area contributed by atoms with E-state index < -0.39 is 12.0 Å². The van der Waals surface area contributed by atoms with Crippen molar-refractivity contribution < 1.29 is 19.6 Å². The summed E-state index contributed by atoms with van der Waals surface area (Å²) in [5.74, 6) is -0.407. The number of hydrogen-bond donors (Lipinski definition) is 2. The summed E-state index contributed by atoms with van der Waals surface area (Å²) in [4.78, 5) is 41.6. The Kier molecular flexibility index (Phi) is 7.55. The smallest absolute Gasteiger partial charge is 0.242 e. The molecule has 0 unspecified atom stereocenters. The first kappa shape index (κ1) is 22.4. The first-order valence-corrected chi connectivity index (χ1v) is 10.8. The first-order valence-electron chi connectivity index (χ1n) is 10.8. The molecule has 8 nitrogen and oxygen atoms in total. The molecule has 164 valence electrons. The Morgan fingerprint density at radius 2 is 2.07 bits per heavy atom. The van der Waals surface area contributed by atoms with Crippen LogP contribution in [0.4, 0.5) is 0 Å². The number of carbonyl (C=O) groups is 3. The number of hydroxylamine groups is 2. The molecular formula is C22H32N4O4. The third-order valence-electron chi connectivity index (χ3n) is 6.51. The molecule has 2 amide bonds. The highest BCUT2D eigenvalue weighted by Gasteiger charge is 2.38. The largest absolute Gasteiger partial charge is 0.297 e. The van der Waals surface area contributed by atoms with E-state index in [4.69, 9.17) is 0 Å². The average Bonchev–Trinajstić information content (AvgIpc) is 3.42. The Bertz CT molecular complexity index is 778. The summed E-state index contributed by atoms with van der Waals surface area (Å²) in [5.41, 5.74) is 5.87. The van der Waals surface area contributed by atoms with Gasteiger partial charge in [-0.2, -0.15) is 0 Å². The molecule has 1 aliphatic carbocycles. The number of nitrogens with one attached hydrogen (secondary N) is 1. The minimum absolute atomic E-state index is 0.0505. The molecule has 8 heteroatoms. The Hall–Kier alpha value is -2.32. The number of aryl methyl sites for hydroxylation is 1. The third-order valence-corrected chi connectivity index (χ3v) is 6.51. The van der Waals surface area contributed by atoms with Gasteiger partial charge in [0.2, 0.25) is 12.3 Å². The SMILES string of the molecule is Cc1ccnc(CC(=O)[C@@H]2CCNN2C(=O)[C@H](CC2CCCC2)CN(O)C=O)c1C. The molecule has 1 saturated heterocycles. The second kappa shape index (κ2) is 10.1. The quantitative estimate of drug-likeness (QED) is 0.362. The summed E-state index contributed by atoms with van der Waals surface area (Å²) < 4.78 is 0. The topological polar surface area (TPSA) is 103 Å². The molecule has 1 saturated carbocycles. The number of Topliss-reactive ketones (excluding diaryl/α,β-unsaturated/α-hetero) is 1. The van der Waals surface area contributed by atoms with E-state index in [-0.39, 0.29) is 24.7 Å². The van der Waals surface area contributed by atoms with Gasteiger partial charge in [0.1, 0.15) is 6.04 Å². The van der Waals surface area contributed by atoms with Crippen LogP contribution in [0.3, 0.4) is 0 Å². The van der Waals surface area contributed by atoms with Gasteiger partial charge in [-0.05, 0) is 49.8 Å². The normalized spacial score (nSPS) is 20.4. The first-order chi connectivity index (χ1) is 14.4. The summed E-state index contributed by atoms with van der Waals surface area (Å²) in [6.07, 6.45) is 7.77. The van der Waals surface area contributed by atoms with Crippen molar-refractivity contribution >= 4 is 18.1 Å².